The lowest BCUT2D eigenvalue weighted by Gasteiger charge is -2.07. The molecule has 0 spiro atoms. The van der Waals surface area contributed by atoms with E-state index in [1.165, 1.54) is 16.9 Å². The summed E-state index contributed by atoms with van der Waals surface area (Å²) in [5.41, 5.74) is 3.80. The highest BCUT2D eigenvalue weighted by Gasteiger charge is 2.17. The zero-order valence-electron chi connectivity index (χ0n) is 17.1. The third kappa shape index (κ3) is 4.20. The van der Waals surface area contributed by atoms with Gasteiger partial charge >= 0.3 is 0 Å². The second-order valence-corrected chi connectivity index (χ2v) is 8.21. The first-order valence-corrected chi connectivity index (χ1v) is 10.6. The number of carbonyl (C=O) groups excluding carboxylic acids is 1. The number of carbonyl (C=O) groups is 1. The topological polar surface area (TPSA) is 73.0 Å². The molecule has 6 nitrogen and oxygen atoms in total. The smallest absolute Gasteiger partial charge is 0.291 e. The fourth-order valence-corrected chi connectivity index (χ4v) is 3.75. The molecule has 0 radical (unpaired) electrons. The number of benzene rings is 3. The van der Waals surface area contributed by atoms with Gasteiger partial charge in [-0.1, -0.05) is 23.2 Å². The van der Waals surface area contributed by atoms with Crippen molar-refractivity contribution in [2.45, 2.75) is 6.92 Å². The highest BCUT2D eigenvalue weighted by Crippen LogP contribution is 2.32. The third-order valence-electron chi connectivity index (χ3n) is 5.06. The number of amides is 1. The summed E-state index contributed by atoms with van der Waals surface area (Å²) in [6.07, 6.45) is 0. The van der Waals surface area contributed by atoms with Gasteiger partial charge in [-0.3, -0.25) is 4.79 Å². The van der Waals surface area contributed by atoms with Crippen LogP contribution in [0.5, 0.6) is 0 Å². The van der Waals surface area contributed by atoms with Crippen LogP contribution in [0.2, 0.25) is 10.0 Å². The average Bonchev–Trinajstić information content (AvgIpc) is 3.43. The van der Waals surface area contributed by atoms with Gasteiger partial charge in [0.25, 0.3) is 5.91 Å². The van der Waals surface area contributed by atoms with Gasteiger partial charge < -0.3 is 9.73 Å². The maximum Gasteiger partial charge on any atom is 0.291 e. The van der Waals surface area contributed by atoms with E-state index >= 15 is 0 Å². The van der Waals surface area contributed by atoms with Gasteiger partial charge in [0.05, 0.1) is 10.7 Å². The maximum absolute atomic E-state index is 13.2. The summed E-state index contributed by atoms with van der Waals surface area (Å²) in [6.45, 7) is 1.85. The number of rotatable bonds is 4. The SMILES string of the molecule is Cc1cc2nn(-c3ccc(F)cc3)nc2cc1NC(=O)c1ccc(-c2cc(Cl)ccc2Cl)o1. The summed E-state index contributed by atoms with van der Waals surface area (Å²) in [5, 5.41) is 12.7. The number of halogens is 3. The number of anilines is 1. The van der Waals surface area contributed by atoms with E-state index in [0.717, 1.165) is 5.56 Å². The lowest BCUT2D eigenvalue weighted by molar-refractivity contribution is 0.0997. The lowest BCUT2D eigenvalue weighted by atomic mass is 10.1. The van der Waals surface area contributed by atoms with Crippen LogP contribution in [0, 0.1) is 12.7 Å². The van der Waals surface area contributed by atoms with Gasteiger partial charge in [-0.2, -0.15) is 4.80 Å². The highest BCUT2D eigenvalue weighted by molar-refractivity contribution is 6.35. The van der Waals surface area contributed by atoms with E-state index in [1.54, 1.807) is 48.5 Å². The number of furan rings is 1. The summed E-state index contributed by atoms with van der Waals surface area (Å²) in [4.78, 5) is 14.2. The minimum absolute atomic E-state index is 0.121. The Kier molecular flexibility index (Phi) is 5.36. The minimum Gasteiger partial charge on any atom is -0.451 e. The summed E-state index contributed by atoms with van der Waals surface area (Å²) >= 11 is 12.3. The number of aryl methyl sites for hydroxylation is 1. The van der Waals surface area contributed by atoms with Gasteiger partial charge in [-0.25, -0.2) is 4.39 Å². The first kappa shape index (κ1) is 21.2. The zero-order chi connectivity index (χ0) is 23.1. The molecule has 3 aromatic carbocycles. The molecule has 164 valence electrons. The molecule has 0 atom stereocenters. The quantitative estimate of drug-likeness (QED) is 0.311. The van der Waals surface area contributed by atoms with Crippen molar-refractivity contribution in [2.75, 3.05) is 5.32 Å². The zero-order valence-corrected chi connectivity index (χ0v) is 18.7. The van der Waals surface area contributed by atoms with Crippen LogP contribution in [0.3, 0.4) is 0 Å². The summed E-state index contributed by atoms with van der Waals surface area (Å²) in [7, 11) is 0. The van der Waals surface area contributed by atoms with Crippen LogP contribution in [0.4, 0.5) is 10.1 Å². The van der Waals surface area contributed by atoms with Crippen molar-refractivity contribution in [3.8, 4) is 17.0 Å². The van der Waals surface area contributed by atoms with Crippen LogP contribution in [0.1, 0.15) is 16.1 Å². The average molecular weight is 481 g/mol. The lowest BCUT2D eigenvalue weighted by Crippen LogP contribution is -2.11. The molecule has 9 heteroatoms. The third-order valence-corrected chi connectivity index (χ3v) is 5.62. The number of nitrogens with one attached hydrogen (secondary N) is 1. The highest BCUT2D eigenvalue weighted by atomic mass is 35.5. The molecule has 0 aliphatic carbocycles. The molecule has 5 aromatic rings. The Labute approximate surface area is 197 Å². The molecule has 0 fully saturated rings. The van der Waals surface area contributed by atoms with Crippen molar-refractivity contribution in [1.29, 1.82) is 0 Å². The number of aromatic nitrogens is 3. The predicted molar refractivity (Wildman–Crippen MR) is 126 cm³/mol. The van der Waals surface area contributed by atoms with Crippen molar-refractivity contribution in [2.24, 2.45) is 0 Å². The second kappa shape index (κ2) is 8.35. The van der Waals surface area contributed by atoms with E-state index in [4.69, 9.17) is 27.6 Å². The summed E-state index contributed by atoms with van der Waals surface area (Å²) < 4.78 is 18.9. The number of fused-ring (bicyclic) bond motifs is 1. The standard InChI is InChI=1S/C24H15Cl2FN4O2/c1-13-10-20-21(30-31(29-20)16-5-3-15(27)4-6-16)12-19(13)28-24(32)23-9-8-22(33-23)17-11-14(25)2-7-18(17)26/h2-12H,1H3,(H,28,32). The number of nitrogens with zero attached hydrogens (tertiary/aromatic N) is 3. The molecule has 1 amide bonds. The van der Waals surface area contributed by atoms with Gasteiger partial charge in [0.1, 0.15) is 22.6 Å². The Balaban J connectivity index is 1.41. The van der Waals surface area contributed by atoms with E-state index < -0.39 is 5.91 Å². The van der Waals surface area contributed by atoms with Crippen LogP contribution in [-0.4, -0.2) is 20.9 Å². The predicted octanol–water partition coefficient (Wildman–Crippen LogP) is 6.69. The van der Waals surface area contributed by atoms with Crippen molar-refractivity contribution >= 4 is 45.8 Å². The van der Waals surface area contributed by atoms with E-state index in [9.17, 15) is 9.18 Å². The van der Waals surface area contributed by atoms with Gasteiger partial charge in [-0.15, -0.1) is 10.2 Å². The van der Waals surface area contributed by atoms with E-state index in [2.05, 4.69) is 15.5 Å². The molecule has 5 rings (SSSR count). The molecule has 33 heavy (non-hydrogen) atoms. The van der Waals surface area contributed by atoms with Crippen molar-refractivity contribution in [1.82, 2.24) is 15.0 Å². The molecule has 0 saturated carbocycles. The van der Waals surface area contributed by atoms with Crippen molar-refractivity contribution < 1.29 is 13.6 Å². The number of hydrogen-bond donors (Lipinski definition) is 1. The summed E-state index contributed by atoms with van der Waals surface area (Å²) in [6, 6.07) is 17.7. The molecule has 0 aliphatic rings. The fourth-order valence-electron chi connectivity index (χ4n) is 3.37. The Bertz CT molecular complexity index is 1510. The van der Waals surface area contributed by atoms with Gasteiger partial charge in [0.15, 0.2) is 5.76 Å². The molecule has 0 aliphatic heterocycles. The van der Waals surface area contributed by atoms with E-state index in [1.807, 2.05) is 13.0 Å². The second-order valence-electron chi connectivity index (χ2n) is 7.36. The van der Waals surface area contributed by atoms with Gasteiger partial charge in [0, 0.05) is 16.3 Å². The van der Waals surface area contributed by atoms with E-state index in [-0.39, 0.29) is 11.6 Å². The normalized spacial score (nSPS) is 11.2. The number of hydrogen-bond acceptors (Lipinski definition) is 4. The van der Waals surface area contributed by atoms with Crippen LogP contribution in [0.25, 0.3) is 28.0 Å². The Morgan fingerprint density at radius 2 is 1.70 bits per heavy atom. The minimum atomic E-state index is -0.423. The van der Waals surface area contributed by atoms with Crippen LogP contribution >= 0.6 is 23.2 Å². The van der Waals surface area contributed by atoms with Crippen molar-refractivity contribution in [3.63, 3.8) is 0 Å². The monoisotopic (exact) mass is 480 g/mol. The Hall–Kier alpha value is -3.68. The molecular weight excluding hydrogens is 466 g/mol. The molecule has 0 saturated heterocycles. The Morgan fingerprint density at radius 3 is 2.45 bits per heavy atom. The first-order valence-electron chi connectivity index (χ1n) is 9.87. The maximum atomic E-state index is 13.2. The van der Waals surface area contributed by atoms with Crippen LogP contribution in [0.15, 0.2) is 71.1 Å². The van der Waals surface area contributed by atoms with Gasteiger partial charge in [0.2, 0.25) is 0 Å². The van der Waals surface area contributed by atoms with Crippen molar-refractivity contribution in [3.05, 3.63) is 93.9 Å². The summed E-state index contributed by atoms with van der Waals surface area (Å²) in [5.74, 6) is -0.208. The largest absolute Gasteiger partial charge is 0.451 e. The molecule has 2 aromatic heterocycles. The first-order chi connectivity index (χ1) is 15.9. The van der Waals surface area contributed by atoms with Crippen LogP contribution in [-0.2, 0) is 0 Å². The molecule has 0 bridgehead atoms. The molecule has 1 N–H and O–H groups in total. The van der Waals surface area contributed by atoms with Gasteiger partial charge in [-0.05, 0) is 79.2 Å². The fraction of sp³-hybridized carbons (Fsp3) is 0.0417. The van der Waals surface area contributed by atoms with E-state index in [0.29, 0.717) is 43.8 Å². The molecule has 2 heterocycles. The molecule has 0 unspecified atom stereocenters. The Morgan fingerprint density at radius 1 is 0.970 bits per heavy atom. The van der Waals surface area contributed by atoms with Crippen LogP contribution < -0.4 is 5.32 Å². The molecular formula is C24H15Cl2FN4O2.